The van der Waals surface area contributed by atoms with E-state index in [2.05, 4.69) is 15.6 Å². The summed E-state index contributed by atoms with van der Waals surface area (Å²) in [6.45, 7) is 1.99. The maximum absolute atomic E-state index is 11.9. The average molecular weight is 288 g/mol. The molecule has 2 aromatic rings. The molecule has 0 aliphatic carbocycles. The number of hydrogen-bond acceptors (Lipinski definition) is 5. The SMILES string of the molecule is CN(C)CCNC(=O)c1ccc(NCc2ccco2)cn1. The van der Waals surface area contributed by atoms with Gasteiger partial charge in [0.15, 0.2) is 0 Å². The van der Waals surface area contributed by atoms with Crippen LogP contribution in [0.5, 0.6) is 0 Å². The van der Waals surface area contributed by atoms with Gasteiger partial charge in [-0.3, -0.25) is 4.79 Å². The standard InChI is InChI=1S/C15H20N4O2/c1-19(2)8-7-16-15(20)14-6-5-12(10-18-14)17-11-13-4-3-9-21-13/h3-6,9-10,17H,7-8,11H2,1-2H3,(H,16,20). The minimum absolute atomic E-state index is 0.158. The van der Waals surface area contributed by atoms with Crippen molar-refractivity contribution in [1.29, 1.82) is 0 Å². The number of rotatable bonds is 7. The lowest BCUT2D eigenvalue weighted by atomic mass is 10.3. The number of hydrogen-bond donors (Lipinski definition) is 2. The first-order valence-corrected chi connectivity index (χ1v) is 6.80. The lowest BCUT2D eigenvalue weighted by Gasteiger charge is -2.10. The molecule has 0 bridgehead atoms. The molecule has 0 aliphatic heterocycles. The van der Waals surface area contributed by atoms with Crippen LogP contribution in [0.3, 0.4) is 0 Å². The van der Waals surface area contributed by atoms with Crippen molar-refractivity contribution in [2.24, 2.45) is 0 Å². The van der Waals surface area contributed by atoms with E-state index in [1.165, 1.54) is 0 Å². The number of anilines is 1. The minimum atomic E-state index is -0.158. The second-order valence-corrected chi connectivity index (χ2v) is 4.92. The topological polar surface area (TPSA) is 70.4 Å². The normalized spacial score (nSPS) is 10.6. The summed E-state index contributed by atoms with van der Waals surface area (Å²) in [6, 6.07) is 7.27. The number of carbonyl (C=O) groups is 1. The molecule has 0 saturated carbocycles. The monoisotopic (exact) mass is 288 g/mol. The molecule has 2 N–H and O–H groups in total. The van der Waals surface area contributed by atoms with Crippen LogP contribution in [0.2, 0.25) is 0 Å². The Labute approximate surface area is 124 Å². The Morgan fingerprint density at radius 3 is 2.81 bits per heavy atom. The van der Waals surface area contributed by atoms with Gasteiger partial charge in [-0.05, 0) is 38.4 Å². The third-order valence-electron chi connectivity index (χ3n) is 2.89. The maximum Gasteiger partial charge on any atom is 0.269 e. The Morgan fingerprint density at radius 2 is 2.19 bits per heavy atom. The van der Waals surface area contributed by atoms with Crippen LogP contribution >= 0.6 is 0 Å². The first-order valence-electron chi connectivity index (χ1n) is 6.80. The third-order valence-corrected chi connectivity index (χ3v) is 2.89. The highest BCUT2D eigenvalue weighted by Gasteiger charge is 2.06. The van der Waals surface area contributed by atoms with E-state index in [-0.39, 0.29) is 5.91 Å². The zero-order valence-electron chi connectivity index (χ0n) is 12.3. The first-order chi connectivity index (χ1) is 10.1. The van der Waals surface area contributed by atoms with Gasteiger partial charge in [0.2, 0.25) is 0 Å². The van der Waals surface area contributed by atoms with Crippen molar-refractivity contribution >= 4 is 11.6 Å². The highest BCUT2D eigenvalue weighted by Crippen LogP contribution is 2.09. The predicted molar refractivity (Wildman–Crippen MR) is 81.2 cm³/mol. The molecule has 0 atom stereocenters. The Balaban J connectivity index is 1.82. The summed E-state index contributed by atoms with van der Waals surface area (Å²) < 4.78 is 5.23. The summed E-state index contributed by atoms with van der Waals surface area (Å²) in [4.78, 5) is 18.0. The van der Waals surface area contributed by atoms with E-state index in [1.54, 1.807) is 18.5 Å². The van der Waals surface area contributed by atoms with Gasteiger partial charge in [0.25, 0.3) is 5.91 Å². The quantitative estimate of drug-likeness (QED) is 0.809. The van der Waals surface area contributed by atoms with Crippen LogP contribution in [0.4, 0.5) is 5.69 Å². The van der Waals surface area contributed by atoms with Crippen LogP contribution < -0.4 is 10.6 Å². The van der Waals surface area contributed by atoms with Crippen molar-refractivity contribution in [2.75, 3.05) is 32.5 Å². The Bertz CT molecular complexity index is 550. The van der Waals surface area contributed by atoms with Gasteiger partial charge >= 0.3 is 0 Å². The summed E-state index contributed by atoms with van der Waals surface area (Å²) in [5.41, 5.74) is 1.26. The molecule has 6 heteroatoms. The van der Waals surface area contributed by atoms with Gasteiger partial charge < -0.3 is 20.0 Å². The molecule has 21 heavy (non-hydrogen) atoms. The predicted octanol–water partition coefficient (Wildman–Crippen LogP) is 1.58. The van der Waals surface area contributed by atoms with Crippen molar-refractivity contribution < 1.29 is 9.21 Å². The molecular weight excluding hydrogens is 268 g/mol. The van der Waals surface area contributed by atoms with E-state index in [9.17, 15) is 4.79 Å². The molecule has 0 aliphatic rings. The number of aromatic nitrogens is 1. The van der Waals surface area contributed by atoms with Crippen molar-refractivity contribution in [3.63, 3.8) is 0 Å². The van der Waals surface area contributed by atoms with Crippen LogP contribution in [-0.4, -0.2) is 43.0 Å². The van der Waals surface area contributed by atoms with E-state index >= 15 is 0 Å². The number of pyridine rings is 1. The van der Waals surface area contributed by atoms with Crippen LogP contribution in [-0.2, 0) is 6.54 Å². The summed E-state index contributed by atoms with van der Waals surface area (Å²) in [5, 5.41) is 6.00. The number of nitrogens with one attached hydrogen (secondary N) is 2. The van der Waals surface area contributed by atoms with E-state index in [0.717, 1.165) is 18.0 Å². The molecule has 0 fully saturated rings. The molecule has 2 aromatic heterocycles. The minimum Gasteiger partial charge on any atom is -0.467 e. The zero-order valence-corrected chi connectivity index (χ0v) is 12.3. The molecule has 0 spiro atoms. The van der Waals surface area contributed by atoms with Crippen LogP contribution in [0.25, 0.3) is 0 Å². The summed E-state index contributed by atoms with van der Waals surface area (Å²) in [5.74, 6) is 0.690. The molecule has 0 unspecified atom stereocenters. The molecule has 0 saturated heterocycles. The Kier molecular flexibility index (Phi) is 5.34. The lowest BCUT2D eigenvalue weighted by molar-refractivity contribution is 0.0946. The van der Waals surface area contributed by atoms with E-state index in [1.807, 2.05) is 37.2 Å². The van der Waals surface area contributed by atoms with Gasteiger partial charge in [-0.25, -0.2) is 4.98 Å². The lowest BCUT2D eigenvalue weighted by Crippen LogP contribution is -2.31. The van der Waals surface area contributed by atoms with Crippen molar-refractivity contribution in [3.8, 4) is 0 Å². The number of amides is 1. The van der Waals surface area contributed by atoms with Crippen LogP contribution in [0.15, 0.2) is 41.1 Å². The molecule has 6 nitrogen and oxygen atoms in total. The molecule has 1 amide bonds. The molecule has 0 radical (unpaired) electrons. The smallest absolute Gasteiger partial charge is 0.269 e. The van der Waals surface area contributed by atoms with Gasteiger partial charge in [-0.15, -0.1) is 0 Å². The largest absolute Gasteiger partial charge is 0.467 e. The molecule has 112 valence electrons. The van der Waals surface area contributed by atoms with Crippen LogP contribution in [0.1, 0.15) is 16.2 Å². The molecule has 0 aromatic carbocycles. The Hall–Kier alpha value is -2.34. The van der Waals surface area contributed by atoms with Gasteiger partial charge in [-0.1, -0.05) is 0 Å². The second kappa shape index (κ2) is 7.44. The van der Waals surface area contributed by atoms with Gasteiger partial charge in [0.1, 0.15) is 11.5 Å². The summed E-state index contributed by atoms with van der Waals surface area (Å²) in [7, 11) is 3.92. The third kappa shape index (κ3) is 4.92. The highest BCUT2D eigenvalue weighted by atomic mass is 16.3. The molecule has 2 heterocycles. The van der Waals surface area contributed by atoms with Crippen LogP contribution in [0, 0.1) is 0 Å². The van der Waals surface area contributed by atoms with Crippen molar-refractivity contribution in [2.45, 2.75) is 6.54 Å². The highest BCUT2D eigenvalue weighted by molar-refractivity contribution is 5.92. The van der Waals surface area contributed by atoms with Gasteiger partial charge in [-0.2, -0.15) is 0 Å². The van der Waals surface area contributed by atoms with Gasteiger partial charge in [0, 0.05) is 13.1 Å². The van der Waals surface area contributed by atoms with Gasteiger partial charge in [0.05, 0.1) is 24.7 Å². The number of carbonyl (C=O) groups excluding carboxylic acids is 1. The Morgan fingerprint density at radius 1 is 1.33 bits per heavy atom. The van der Waals surface area contributed by atoms with E-state index in [0.29, 0.717) is 18.8 Å². The fourth-order valence-corrected chi connectivity index (χ4v) is 1.72. The summed E-state index contributed by atoms with van der Waals surface area (Å²) >= 11 is 0. The molecule has 2 rings (SSSR count). The fraction of sp³-hybridized carbons (Fsp3) is 0.333. The number of likely N-dealkylation sites (N-methyl/N-ethyl adjacent to an activating group) is 1. The van der Waals surface area contributed by atoms with Crippen molar-refractivity contribution in [3.05, 3.63) is 48.2 Å². The van der Waals surface area contributed by atoms with Crippen molar-refractivity contribution in [1.82, 2.24) is 15.2 Å². The average Bonchev–Trinajstić information content (AvgIpc) is 2.98. The fourth-order valence-electron chi connectivity index (χ4n) is 1.72. The molecular formula is C15H20N4O2. The number of furan rings is 1. The second-order valence-electron chi connectivity index (χ2n) is 4.92. The zero-order chi connectivity index (χ0) is 15.1. The first kappa shape index (κ1) is 15.1. The maximum atomic E-state index is 11.9. The number of nitrogens with zero attached hydrogens (tertiary/aromatic N) is 2. The summed E-state index contributed by atoms with van der Waals surface area (Å²) in [6.07, 6.45) is 3.28. The van der Waals surface area contributed by atoms with E-state index < -0.39 is 0 Å². The van der Waals surface area contributed by atoms with E-state index in [4.69, 9.17) is 4.42 Å².